The van der Waals surface area contributed by atoms with Crippen LogP contribution >= 0.6 is 0 Å². The van der Waals surface area contributed by atoms with Gasteiger partial charge < -0.3 is 15.4 Å². The monoisotopic (exact) mass is 261 g/mol. The number of hydrogen-bond donors (Lipinski definition) is 1. The van der Waals surface area contributed by atoms with E-state index in [0.717, 1.165) is 0 Å². The summed E-state index contributed by atoms with van der Waals surface area (Å²) in [6.45, 7) is 3.34. The Labute approximate surface area is 111 Å². The minimum atomic E-state index is -0.140. The summed E-state index contributed by atoms with van der Waals surface area (Å²) in [7, 11) is 1.72. The minimum absolute atomic E-state index is 0.140. The van der Waals surface area contributed by atoms with E-state index in [2.05, 4.69) is 4.98 Å². The summed E-state index contributed by atoms with van der Waals surface area (Å²) in [6, 6.07) is 3.35. The summed E-state index contributed by atoms with van der Waals surface area (Å²) in [5, 5.41) is 9.04. The van der Waals surface area contributed by atoms with Crippen LogP contribution in [-0.4, -0.2) is 42.7 Å². The van der Waals surface area contributed by atoms with Crippen molar-refractivity contribution in [2.45, 2.75) is 6.92 Å². The molecule has 1 fully saturated rings. The SMILES string of the molecule is CCOc1nc(N2CCN(C)C2=O)cc(N)c1C#N. The molecule has 7 nitrogen and oxygen atoms in total. The molecule has 1 aromatic rings. The number of amides is 2. The second kappa shape index (κ2) is 5.02. The Morgan fingerprint density at radius 2 is 2.32 bits per heavy atom. The summed E-state index contributed by atoms with van der Waals surface area (Å²) in [5.74, 6) is 0.580. The van der Waals surface area contributed by atoms with E-state index in [1.807, 2.05) is 6.07 Å². The predicted octanol–water partition coefficient (Wildman–Crippen LogP) is 0.806. The summed E-state index contributed by atoms with van der Waals surface area (Å²) in [4.78, 5) is 19.2. The zero-order chi connectivity index (χ0) is 14.0. The largest absolute Gasteiger partial charge is 0.477 e. The Bertz CT molecular complexity index is 552. The quantitative estimate of drug-likeness (QED) is 0.868. The van der Waals surface area contributed by atoms with Crippen LogP contribution in [0.1, 0.15) is 12.5 Å². The first kappa shape index (κ1) is 13.0. The Hall–Kier alpha value is -2.49. The van der Waals surface area contributed by atoms with E-state index >= 15 is 0 Å². The standard InChI is InChI=1S/C12H15N5O2/c1-3-19-11-8(7-13)9(14)6-10(15-11)17-5-4-16(2)12(17)18/h6H,3-5H2,1-2H3,(H2,14,15). The Kier molecular flexibility index (Phi) is 3.42. The number of nitrogens with two attached hydrogens (primary N) is 1. The molecule has 2 rings (SSSR count). The number of carbonyl (C=O) groups excluding carboxylic acids is 1. The summed E-state index contributed by atoms with van der Waals surface area (Å²) in [5.41, 5.74) is 6.28. The van der Waals surface area contributed by atoms with Crippen LogP contribution in [0.4, 0.5) is 16.3 Å². The third-order valence-corrected chi connectivity index (χ3v) is 2.89. The van der Waals surface area contributed by atoms with E-state index in [-0.39, 0.29) is 23.2 Å². The number of aromatic nitrogens is 1. The molecule has 0 aromatic carbocycles. The molecule has 100 valence electrons. The van der Waals surface area contributed by atoms with Crippen LogP contribution in [0.25, 0.3) is 0 Å². The van der Waals surface area contributed by atoms with Gasteiger partial charge in [-0.15, -0.1) is 0 Å². The number of rotatable bonds is 3. The van der Waals surface area contributed by atoms with Gasteiger partial charge in [-0.25, -0.2) is 4.79 Å². The number of anilines is 2. The summed E-state index contributed by atoms with van der Waals surface area (Å²) >= 11 is 0. The van der Waals surface area contributed by atoms with E-state index in [4.69, 9.17) is 15.7 Å². The fourth-order valence-electron chi connectivity index (χ4n) is 1.88. The molecule has 0 radical (unpaired) electrons. The van der Waals surface area contributed by atoms with Crippen molar-refractivity contribution in [1.82, 2.24) is 9.88 Å². The maximum Gasteiger partial charge on any atom is 0.325 e. The molecule has 2 heterocycles. The van der Waals surface area contributed by atoms with Gasteiger partial charge in [-0.2, -0.15) is 10.2 Å². The highest BCUT2D eigenvalue weighted by Gasteiger charge is 2.28. The van der Waals surface area contributed by atoms with E-state index in [1.165, 1.54) is 11.0 Å². The maximum atomic E-state index is 11.9. The fourth-order valence-corrected chi connectivity index (χ4v) is 1.88. The topological polar surface area (TPSA) is 95.5 Å². The molecule has 1 aliphatic heterocycles. The molecule has 0 unspecified atom stereocenters. The third-order valence-electron chi connectivity index (χ3n) is 2.89. The van der Waals surface area contributed by atoms with Crippen molar-refractivity contribution < 1.29 is 9.53 Å². The average Bonchev–Trinajstić information content (AvgIpc) is 2.70. The number of likely N-dealkylation sites (N-methyl/N-ethyl adjacent to an activating group) is 1. The number of nitrogens with zero attached hydrogens (tertiary/aromatic N) is 4. The van der Waals surface area contributed by atoms with Crippen LogP contribution < -0.4 is 15.4 Å². The normalized spacial score (nSPS) is 14.7. The van der Waals surface area contributed by atoms with Gasteiger partial charge in [-0.1, -0.05) is 0 Å². The highest BCUT2D eigenvalue weighted by molar-refractivity contribution is 5.93. The number of urea groups is 1. The van der Waals surface area contributed by atoms with Crippen molar-refractivity contribution in [3.63, 3.8) is 0 Å². The van der Waals surface area contributed by atoms with Crippen molar-refractivity contribution in [3.05, 3.63) is 11.6 Å². The fraction of sp³-hybridized carbons (Fsp3) is 0.417. The maximum absolute atomic E-state index is 11.9. The van der Waals surface area contributed by atoms with Gasteiger partial charge in [-0.3, -0.25) is 4.90 Å². The highest BCUT2D eigenvalue weighted by atomic mass is 16.5. The number of ether oxygens (including phenoxy) is 1. The van der Waals surface area contributed by atoms with Gasteiger partial charge >= 0.3 is 6.03 Å². The molecule has 0 aliphatic carbocycles. The molecule has 0 bridgehead atoms. The van der Waals surface area contributed by atoms with Gasteiger partial charge in [-0.05, 0) is 6.92 Å². The lowest BCUT2D eigenvalue weighted by atomic mass is 10.2. The summed E-state index contributed by atoms with van der Waals surface area (Å²) in [6.07, 6.45) is 0. The molecular formula is C12H15N5O2. The first-order chi connectivity index (χ1) is 9.08. The number of nitriles is 1. The van der Waals surface area contributed by atoms with E-state index in [1.54, 1.807) is 18.9 Å². The zero-order valence-corrected chi connectivity index (χ0v) is 10.9. The van der Waals surface area contributed by atoms with Crippen LogP contribution in [0, 0.1) is 11.3 Å². The van der Waals surface area contributed by atoms with E-state index < -0.39 is 0 Å². The highest BCUT2D eigenvalue weighted by Crippen LogP contribution is 2.28. The van der Waals surface area contributed by atoms with Crippen molar-refractivity contribution in [1.29, 1.82) is 5.26 Å². The first-order valence-corrected chi connectivity index (χ1v) is 5.94. The Morgan fingerprint density at radius 3 is 2.84 bits per heavy atom. The van der Waals surface area contributed by atoms with Gasteiger partial charge in [0.05, 0.1) is 12.3 Å². The van der Waals surface area contributed by atoms with Crippen LogP contribution in [0.15, 0.2) is 6.07 Å². The molecule has 19 heavy (non-hydrogen) atoms. The molecule has 1 aliphatic rings. The molecule has 7 heteroatoms. The molecule has 0 saturated carbocycles. The lowest BCUT2D eigenvalue weighted by Crippen LogP contribution is -2.30. The van der Waals surface area contributed by atoms with Gasteiger partial charge in [0, 0.05) is 26.2 Å². The van der Waals surface area contributed by atoms with E-state index in [9.17, 15) is 4.79 Å². The van der Waals surface area contributed by atoms with Crippen molar-refractivity contribution in [3.8, 4) is 11.9 Å². The lowest BCUT2D eigenvalue weighted by molar-refractivity contribution is 0.229. The van der Waals surface area contributed by atoms with Gasteiger partial charge in [0.15, 0.2) is 0 Å². The van der Waals surface area contributed by atoms with Gasteiger partial charge in [0.1, 0.15) is 17.5 Å². The van der Waals surface area contributed by atoms with Crippen LogP contribution in [-0.2, 0) is 0 Å². The Morgan fingerprint density at radius 1 is 1.58 bits per heavy atom. The predicted molar refractivity (Wildman–Crippen MR) is 69.9 cm³/mol. The number of hydrogen-bond acceptors (Lipinski definition) is 5. The third kappa shape index (κ3) is 2.25. The molecule has 1 saturated heterocycles. The lowest BCUT2D eigenvalue weighted by Gasteiger charge is -2.17. The molecular weight excluding hydrogens is 246 g/mol. The van der Waals surface area contributed by atoms with Crippen LogP contribution in [0.2, 0.25) is 0 Å². The second-order valence-electron chi connectivity index (χ2n) is 4.15. The smallest absolute Gasteiger partial charge is 0.325 e. The number of nitrogen functional groups attached to an aromatic ring is 1. The summed E-state index contributed by atoms with van der Waals surface area (Å²) < 4.78 is 5.31. The molecule has 2 N–H and O–H groups in total. The zero-order valence-electron chi connectivity index (χ0n) is 10.9. The van der Waals surface area contributed by atoms with Crippen LogP contribution in [0.3, 0.4) is 0 Å². The van der Waals surface area contributed by atoms with Gasteiger partial charge in [0.2, 0.25) is 5.88 Å². The van der Waals surface area contributed by atoms with Crippen molar-refractivity contribution in [2.24, 2.45) is 0 Å². The van der Waals surface area contributed by atoms with Crippen LogP contribution in [0.5, 0.6) is 5.88 Å². The van der Waals surface area contributed by atoms with Crippen molar-refractivity contribution in [2.75, 3.05) is 37.4 Å². The van der Waals surface area contributed by atoms with Gasteiger partial charge in [0.25, 0.3) is 0 Å². The van der Waals surface area contributed by atoms with Crippen molar-refractivity contribution >= 4 is 17.5 Å². The van der Waals surface area contributed by atoms with E-state index in [0.29, 0.717) is 25.5 Å². The minimum Gasteiger partial charge on any atom is -0.477 e. The molecule has 0 spiro atoms. The molecule has 2 amide bonds. The number of carbonyl (C=O) groups is 1. The molecule has 0 atom stereocenters. The average molecular weight is 261 g/mol. The molecule has 1 aromatic heterocycles. The Balaban J connectivity index is 2.43. The second-order valence-corrected chi connectivity index (χ2v) is 4.15. The number of pyridine rings is 1. The first-order valence-electron chi connectivity index (χ1n) is 5.94.